The first-order valence-corrected chi connectivity index (χ1v) is 5.18. The van der Waals surface area contributed by atoms with Gasteiger partial charge in [0.1, 0.15) is 0 Å². The van der Waals surface area contributed by atoms with Gasteiger partial charge in [0.2, 0.25) is 0 Å². The molecule has 0 aliphatic carbocycles. The van der Waals surface area contributed by atoms with Gasteiger partial charge >= 0.3 is 29.6 Å². The van der Waals surface area contributed by atoms with Crippen molar-refractivity contribution in [1.82, 2.24) is 0 Å². The molecule has 0 amide bonds. The van der Waals surface area contributed by atoms with E-state index in [0.717, 1.165) is 0 Å². The fourth-order valence-electron chi connectivity index (χ4n) is 0.431. The van der Waals surface area contributed by atoms with Crippen LogP contribution in [0.3, 0.4) is 0 Å². The zero-order chi connectivity index (χ0) is 9.28. The Kier molecular flexibility index (Phi) is 6.74. The van der Waals surface area contributed by atoms with Gasteiger partial charge in [0.25, 0.3) is 0 Å². The maximum atomic E-state index is 11.4. The molecule has 0 fully saturated rings. The Balaban J connectivity index is 0. The molecule has 1 unspecified atom stereocenters. The molecular formula is C8H20NaO2P. The van der Waals surface area contributed by atoms with E-state index < -0.39 is 8.03 Å². The van der Waals surface area contributed by atoms with Gasteiger partial charge in [-0.1, -0.05) is 20.8 Å². The Labute approximate surface area is 98.6 Å². The summed E-state index contributed by atoms with van der Waals surface area (Å²) < 4.78 is 16.8. The van der Waals surface area contributed by atoms with E-state index in [4.69, 9.17) is 4.52 Å². The summed E-state index contributed by atoms with van der Waals surface area (Å²) in [6.45, 7) is 11.5. The summed E-state index contributed by atoms with van der Waals surface area (Å²) in [5.41, 5.74) is -0.288. The van der Waals surface area contributed by atoms with E-state index in [2.05, 4.69) is 0 Å². The SMILES string of the molecule is CC(C)(C)O[PH](=O)C(C)(C)C.[NaH]. The van der Waals surface area contributed by atoms with Crippen LogP contribution >= 0.6 is 8.03 Å². The van der Waals surface area contributed by atoms with Crippen LogP contribution in [0.5, 0.6) is 0 Å². The number of rotatable bonds is 1. The van der Waals surface area contributed by atoms with Crippen molar-refractivity contribution >= 4 is 37.6 Å². The van der Waals surface area contributed by atoms with Crippen LogP contribution in [-0.2, 0) is 9.09 Å². The second-order valence-electron chi connectivity index (χ2n) is 4.75. The molecule has 12 heavy (non-hydrogen) atoms. The van der Waals surface area contributed by atoms with Crippen LogP contribution in [0.2, 0.25) is 0 Å². The zero-order valence-electron chi connectivity index (χ0n) is 8.32. The number of hydrogen-bond donors (Lipinski definition) is 0. The predicted molar refractivity (Wildman–Crippen MR) is 56.7 cm³/mol. The van der Waals surface area contributed by atoms with Crippen LogP contribution in [0, 0.1) is 0 Å². The molecule has 0 rings (SSSR count). The Hall–Kier alpha value is 1.19. The molecule has 0 heterocycles. The molecule has 0 saturated carbocycles. The number of hydrogen-bond acceptors (Lipinski definition) is 2. The third-order valence-corrected chi connectivity index (χ3v) is 3.03. The summed E-state index contributed by atoms with van der Waals surface area (Å²) in [5.74, 6) is 0. The molecule has 4 heteroatoms. The third-order valence-electron chi connectivity index (χ3n) is 1.01. The van der Waals surface area contributed by atoms with Gasteiger partial charge in [0.15, 0.2) is 8.03 Å². The average molecular weight is 202 g/mol. The second-order valence-corrected chi connectivity index (χ2v) is 7.03. The van der Waals surface area contributed by atoms with Gasteiger partial charge in [-0.05, 0) is 20.8 Å². The standard InChI is InChI=1S/C8H19O2P.Na.H/c1-7(2,3)10-11(9)8(4,5)6;;/h11H,1-6H3;;. The average Bonchev–Trinajstić information content (AvgIpc) is 1.56. The van der Waals surface area contributed by atoms with Crippen LogP contribution in [0.4, 0.5) is 0 Å². The molecule has 0 aromatic heterocycles. The van der Waals surface area contributed by atoms with Gasteiger partial charge in [0, 0.05) is 5.16 Å². The molecule has 2 nitrogen and oxygen atoms in total. The topological polar surface area (TPSA) is 26.3 Å². The van der Waals surface area contributed by atoms with Crippen molar-refractivity contribution in [3.8, 4) is 0 Å². The first-order chi connectivity index (χ1) is 4.63. The fraction of sp³-hybridized carbons (Fsp3) is 1.00. The van der Waals surface area contributed by atoms with Gasteiger partial charge in [-0.25, -0.2) is 0 Å². The zero-order valence-corrected chi connectivity index (χ0v) is 9.32. The van der Waals surface area contributed by atoms with E-state index in [1.165, 1.54) is 0 Å². The van der Waals surface area contributed by atoms with Crippen LogP contribution < -0.4 is 0 Å². The molecule has 0 radical (unpaired) electrons. The van der Waals surface area contributed by atoms with Crippen LogP contribution in [0.1, 0.15) is 41.5 Å². The van der Waals surface area contributed by atoms with Crippen molar-refractivity contribution in [2.24, 2.45) is 0 Å². The minimum absolute atomic E-state index is 0. The van der Waals surface area contributed by atoms with Crippen molar-refractivity contribution in [2.45, 2.75) is 52.3 Å². The van der Waals surface area contributed by atoms with E-state index in [9.17, 15) is 4.57 Å². The molecule has 70 valence electrons. The van der Waals surface area contributed by atoms with E-state index in [-0.39, 0.29) is 40.3 Å². The van der Waals surface area contributed by atoms with Crippen molar-refractivity contribution in [3.05, 3.63) is 0 Å². The molecule has 0 saturated heterocycles. The molecule has 1 atom stereocenters. The van der Waals surface area contributed by atoms with Crippen LogP contribution in [0.15, 0.2) is 0 Å². The Morgan fingerprint density at radius 2 is 1.33 bits per heavy atom. The molecule has 0 aromatic carbocycles. The van der Waals surface area contributed by atoms with E-state index in [1.54, 1.807) is 0 Å². The van der Waals surface area contributed by atoms with Gasteiger partial charge in [0.05, 0.1) is 5.60 Å². The molecule has 0 bridgehead atoms. The van der Waals surface area contributed by atoms with Crippen molar-refractivity contribution in [3.63, 3.8) is 0 Å². The van der Waals surface area contributed by atoms with Crippen LogP contribution in [0.25, 0.3) is 0 Å². The van der Waals surface area contributed by atoms with Gasteiger partial charge in [-0.15, -0.1) is 0 Å². The summed E-state index contributed by atoms with van der Waals surface area (Å²) in [5, 5.41) is -0.210. The molecular weight excluding hydrogens is 182 g/mol. The Bertz CT molecular complexity index is 155. The summed E-state index contributed by atoms with van der Waals surface area (Å²) >= 11 is 0. The van der Waals surface area contributed by atoms with Crippen molar-refractivity contribution < 1.29 is 9.09 Å². The first-order valence-electron chi connectivity index (χ1n) is 3.86. The third kappa shape index (κ3) is 7.82. The molecule has 0 spiro atoms. The molecule has 0 aromatic rings. The first kappa shape index (κ1) is 15.7. The van der Waals surface area contributed by atoms with Gasteiger partial charge in [-0.3, -0.25) is 4.57 Å². The molecule has 0 aliphatic rings. The quantitative estimate of drug-likeness (QED) is 0.482. The van der Waals surface area contributed by atoms with Crippen molar-refractivity contribution in [2.75, 3.05) is 0 Å². The summed E-state index contributed by atoms with van der Waals surface area (Å²) in [7, 11) is -1.91. The van der Waals surface area contributed by atoms with E-state index >= 15 is 0 Å². The van der Waals surface area contributed by atoms with Crippen LogP contribution in [-0.4, -0.2) is 40.3 Å². The summed E-state index contributed by atoms with van der Waals surface area (Å²) in [6, 6.07) is 0. The Morgan fingerprint density at radius 3 is 1.42 bits per heavy atom. The van der Waals surface area contributed by atoms with Gasteiger partial charge in [-0.2, -0.15) is 0 Å². The monoisotopic (exact) mass is 202 g/mol. The van der Waals surface area contributed by atoms with Crippen molar-refractivity contribution in [1.29, 1.82) is 0 Å². The normalized spacial score (nSPS) is 15.2. The minimum atomic E-state index is -1.91. The fourth-order valence-corrected chi connectivity index (χ4v) is 1.29. The Morgan fingerprint density at radius 1 is 1.00 bits per heavy atom. The van der Waals surface area contributed by atoms with Gasteiger partial charge < -0.3 is 4.52 Å². The summed E-state index contributed by atoms with van der Waals surface area (Å²) in [4.78, 5) is 0. The second kappa shape index (κ2) is 5.17. The predicted octanol–water partition coefficient (Wildman–Crippen LogP) is 2.43. The maximum absolute atomic E-state index is 11.4. The van der Waals surface area contributed by atoms with E-state index in [0.29, 0.717) is 0 Å². The van der Waals surface area contributed by atoms with E-state index in [1.807, 2.05) is 41.5 Å². The molecule has 0 N–H and O–H groups in total. The summed E-state index contributed by atoms with van der Waals surface area (Å²) in [6.07, 6.45) is 0. The molecule has 0 aliphatic heterocycles.